The molecule has 3 aliphatic rings. The summed E-state index contributed by atoms with van der Waals surface area (Å²) in [5, 5.41) is 19.6. The second kappa shape index (κ2) is 50.5. The molecule has 3 aliphatic heterocycles. The van der Waals surface area contributed by atoms with E-state index in [4.69, 9.17) is 14.2 Å². The molecule has 6 rings (SSSR count). The Morgan fingerprint density at radius 3 is 1.32 bits per heavy atom. The number of Topliss-reactive ketones (excluding diaryl/α,β-unsaturated/α-hetero) is 6. The number of hydrogen-bond acceptors (Lipinski definition) is 22. The number of nitrogens with zero attached hydrogens (tertiary/aromatic N) is 3. The zero-order chi connectivity index (χ0) is 80.6. The van der Waals surface area contributed by atoms with Crippen molar-refractivity contribution < 1.29 is 90.7 Å². The highest BCUT2D eigenvalue weighted by atomic mass is 32.2. The summed E-state index contributed by atoms with van der Waals surface area (Å²) < 4.78 is 34.2. The van der Waals surface area contributed by atoms with Crippen LogP contribution in [-0.4, -0.2) is 202 Å². The molecule has 3 fully saturated rings. The van der Waals surface area contributed by atoms with E-state index in [0.717, 1.165) is 61.4 Å². The van der Waals surface area contributed by atoms with Gasteiger partial charge in [0, 0.05) is 80.2 Å². The van der Waals surface area contributed by atoms with Crippen molar-refractivity contribution in [2.24, 2.45) is 41.4 Å². The molecule has 1 aromatic carbocycles. The lowest BCUT2D eigenvalue weighted by atomic mass is 9.87. The van der Waals surface area contributed by atoms with E-state index in [2.05, 4.69) is 55.8 Å². The molecule has 106 heavy (non-hydrogen) atoms. The lowest BCUT2D eigenvalue weighted by Crippen LogP contribution is -2.53. The Morgan fingerprint density at radius 2 is 0.915 bits per heavy atom. The Kier molecular flexibility index (Phi) is 45.7. The average molecular weight is 1530 g/mol. The van der Waals surface area contributed by atoms with Crippen LogP contribution >= 0.6 is 23.1 Å². The molecule has 3 saturated heterocycles. The van der Waals surface area contributed by atoms with Crippen molar-refractivity contribution in [1.82, 2.24) is 46.7 Å². The lowest BCUT2D eigenvalue weighted by Gasteiger charge is -2.31. The first-order chi connectivity index (χ1) is 49.8. The Morgan fingerprint density at radius 1 is 0.481 bits per heavy atom. The summed E-state index contributed by atoms with van der Waals surface area (Å²) in [6.07, 6.45) is 4.12. The fourth-order valence-corrected chi connectivity index (χ4v) is 12.2. The number of rotatable bonds is 26. The Hall–Kier alpha value is -8.06. The van der Waals surface area contributed by atoms with Gasteiger partial charge in [-0.25, -0.2) is 28.8 Å². The molecule has 0 bridgehead atoms. The van der Waals surface area contributed by atoms with Gasteiger partial charge in [0.15, 0.2) is 34.7 Å². The van der Waals surface area contributed by atoms with E-state index in [1.807, 2.05) is 121 Å². The van der Waals surface area contributed by atoms with Crippen molar-refractivity contribution in [3.05, 3.63) is 88.4 Å². The Labute approximate surface area is 635 Å². The summed E-state index contributed by atoms with van der Waals surface area (Å²) in [5.41, 5.74) is 1.87. The van der Waals surface area contributed by atoms with Crippen LogP contribution in [0, 0.1) is 41.4 Å². The topological polar surface area (TPSA) is 361 Å². The number of urea groups is 2. The van der Waals surface area contributed by atoms with Gasteiger partial charge in [-0.15, -0.1) is 0 Å². The Bertz CT molecular complexity index is 3150. The third-order valence-corrected chi connectivity index (χ3v) is 18.3. The standard InChI is InChI=1S/C15H20N2O3.C13H24N2O3.C13H25NO4.C12H16N2O3.C12H21NO3S.C11H15NO3S/c1-11(2)14(18)13(12-6-4-3-5-7-12)16-15(19)17-8-9-20-10-17;1-9(2)12(16)11(10(3)18-4)14-13(17)15-7-5-6-8-15;1-8(2)11(15)10(14-12(16)17-7)9(3)18-13(4,5)6;1-8(2)11(15)10(14-12(16)17-3)9-5-4-6-13-7-9;1-8(2)11(14)10(13-12(15)16-3)9-4-6-17-7-5-9;1-7(2)10(13)9(12-11(14)15-3)8-4-5-16-6-8/h3-7,11,13H,8-10H2,1-2H3,(H,16,19);9-11H,5-8H2,1-4H3,(H,14,17);8-10H,1-7H3,(H,14,16);4-8,10H,1-3H3,(H,14,16);8-10H,4-7H2,1-3H3,(H,13,15);4-7,9H,1-3H3,(H,12,14)/t13-;10-,11+;9-,10+;2*10-;9-/m111101/s1. The summed E-state index contributed by atoms with van der Waals surface area (Å²) in [7, 11) is 6.67. The van der Waals surface area contributed by atoms with Gasteiger partial charge in [0.25, 0.3) is 0 Å². The van der Waals surface area contributed by atoms with Gasteiger partial charge in [-0.1, -0.05) is 119 Å². The van der Waals surface area contributed by atoms with Crippen LogP contribution < -0.4 is 31.9 Å². The molecule has 2 aromatic heterocycles. The highest BCUT2D eigenvalue weighted by Crippen LogP contribution is 2.28. The van der Waals surface area contributed by atoms with E-state index in [0.29, 0.717) is 18.7 Å². The lowest BCUT2D eigenvalue weighted by molar-refractivity contribution is -0.132. The van der Waals surface area contributed by atoms with Crippen LogP contribution in [-0.2, 0) is 61.9 Å². The van der Waals surface area contributed by atoms with Crippen molar-refractivity contribution >= 4 is 94.2 Å². The van der Waals surface area contributed by atoms with Crippen LogP contribution in [0.25, 0.3) is 0 Å². The maximum atomic E-state index is 12.3. The van der Waals surface area contributed by atoms with Crippen molar-refractivity contribution in [2.75, 3.05) is 80.0 Å². The third-order valence-electron chi connectivity index (χ3n) is 16.6. The molecule has 6 N–H and O–H groups in total. The van der Waals surface area contributed by atoms with Crippen LogP contribution in [0.2, 0.25) is 0 Å². The summed E-state index contributed by atoms with van der Waals surface area (Å²) in [6, 6.07) is 10.6. The summed E-state index contributed by atoms with van der Waals surface area (Å²) in [4.78, 5) is 149. The van der Waals surface area contributed by atoms with Crippen molar-refractivity contribution in [2.45, 2.75) is 197 Å². The number of methoxy groups -OCH3 is 5. The number of thioether (sulfide) groups is 1. The highest BCUT2D eigenvalue weighted by molar-refractivity contribution is 7.99. The van der Waals surface area contributed by atoms with E-state index in [1.54, 1.807) is 96.8 Å². The molecule has 5 heterocycles. The molecule has 596 valence electrons. The first-order valence-corrected chi connectivity index (χ1v) is 38.0. The molecule has 0 aliphatic carbocycles. The average Bonchev–Trinajstić information content (AvgIpc) is 1.08. The number of carbonyl (C=O) groups excluding carboxylic acids is 12. The van der Waals surface area contributed by atoms with Crippen LogP contribution in [0.1, 0.15) is 178 Å². The number of nitrogens with one attached hydrogen (secondary N) is 6. The van der Waals surface area contributed by atoms with Crippen LogP contribution in [0.3, 0.4) is 0 Å². The predicted octanol–water partition coefficient (Wildman–Crippen LogP) is 11.7. The highest BCUT2D eigenvalue weighted by Gasteiger charge is 2.36. The number of ketones is 6. The van der Waals surface area contributed by atoms with Crippen molar-refractivity contribution in [1.29, 1.82) is 0 Å². The zero-order valence-corrected chi connectivity index (χ0v) is 67.9. The van der Waals surface area contributed by atoms with Crippen LogP contribution in [0.4, 0.5) is 28.8 Å². The second-order valence-corrected chi connectivity index (χ2v) is 30.1. The minimum absolute atomic E-state index is 0.00432. The summed E-state index contributed by atoms with van der Waals surface area (Å²) in [6.45, 7) is 34.0. The van der Waals surface area contributed by atoms with E-state index in [1.165, 1.54) is 39.8 Å². The van der Waals surface area contributed by atoms with Crippen LogP contribution in [0.15, 0.2) is 71.7 Å². The number of hydrogen-bond donors (Lipinski definition) is 6. The predicted molar refractivity (Wildman–Crippen MR) is 408 cm³/mol. The van der Waals surface area contributed by atoms with Gasteiger partial charge < -0.3 is 70.0 Å². The fraction of sp³-hybridized carbons (Fsp3) is 0.645. The summed E-state index contributed by atoms with van der Waals surface area (Å²) >= 11 is 3.39. The van der Waals surface area contributed by atoms with E-state index >= 15 is 0 Å². The van der Waals surface area contributed by atoms with Crippen molar-refractivity contribution in [3.63, 3.8) is 0 Å². The van der Waals surface area contributed by atoms with Gasteiger partial charge in [0.05, 0.1) is 58.9 Å². The number of amides is 8. The van der Waals surface area contributed by atoms with Crippen LogP contribution in [0.5, 0.6) is 0 Å². The molecule has 28 nitrogen and oxygen atoms in total. The molecule has 8 amide bonds. The van der Waals surface area contributed by atoms with Gasteiger partial charge in [-0.3, -0.25) is 38.7 Å². The Balaban J connectivity index is 0.000000637. The molecule has 30 heteroatoms. The number of thiophene rings is 1. The van der Waals surface area contributed by atoms with E-state index in [-0.39, 0.29) is 113 Å². The smallest absolute Gasteiger partial charge is 0.407 e. The minimum Gasteiger partial charge on any atom is -0.453 e. The monoisotopic (exact) mass is 1530 g/mol. The number of pyridine rings is 1. The molecule has 0 unspecified atom stereocenters. The largest absolute Gasteiger partial charge is 0.453 e. The molecule has 0 spiro atoms. The molecule has 0 saturated carbocycles. The quantitative estimate of drug-likeness (QED) is 0.0407. The maximum Gasteiger partial charge on any atom is 0.407 e. The van der Waals surface area contributed by atoms with Gasteiger partial charge in [-0.2, -0.15) is 23.1 Å². The first kappa shape index (κ1) is 96.0. The molecule has 8 atom stereocenters. The van der Waals surface area contributed by atoms with Gasteiger partial charge in [-0.05, 0) is 112 Å². The molecule has 0 radical (unpaired) electrons. The van der Waals surface area contributed by atoms with Gasteiger partial charge in [0.1, 0.15) is 36.9 Å². The van der Waals surface area contributed by atoms with Gasteiger partial charge in [0.2, 0.25) is 0 Å². The normalized spacial score (nSPS) is 15.6. The second-order valence-electron chi connectivity index (χ2n) is 28.1. The zero-order valence-electron chi connectivity index (χ0n) is 66.3. The number of likely N-dealkylation sites (tertiary alicyclic amines) is 1. The first-order valence-electron chi connectivity index (χ1n) is 35.9. The van der Waals surface area contributed by atoms with E-state index in [9.17, 15) is 57.5 Å². The number of ether oxygens (including phenoxy) is 7. The number of carbonyl (C=O) groups is 12. The van der Waals surface area contributed by atoms with E-state index < -0.39 is 60.7 Å². The number of alkyl carbamates (subject to hydrolysis) is 4. The fourth-order valence-electron chi connectivity index (χ4n) is 10.4. The third kappa shape index (κ3) is 35.6. The summed E-state index contributed by atoms with van der Waals surface area (Å²) in [5.74, 6) is 1.50. The SMILES string of the molecule is CC(C)C(=O)[C@H](NC(=O)N1CCOC1)c1ccccc1.COC(=O)N[C@@H](C(=O)C(C)C)c1cccnc1.COC(=O)N[C@@H](C(=O)C(C)C)c1ccsc1.COC(=O)N[C@H](C(=O)C(C)C)C1CCSCC1.COC(=O)N[C@H](C(=O)C(C)C)[C@@H](C)OC(C)(C)C.CO[C@H](C)[C@H](NC(=O)N1CCCC1)C(=O)C(C)C. The maximum absolute atomic E-state index is 12.3. The molecular weight excluding hydrogens is 1410 g/mol. The van der Waals surface area contributed by atoms with Gasteiger partial charge >= 0.3 is 36.4 Å². The molecule has 3 aromatic rings. The minimum atomic E-state index is -0.712. The molecular formula is C76H121N9O19S2. The number of benzene rings is 1. The van der Waals surface area contributed by atoms with Crippen molar-refractivity contribution in [3.8, 4) is 0 Å². The number of aromatic nitrogens is 1.